The van der Waals surface area contributed by atoms with E-state index in [9.17, 15) is 4.79 Å². The van der Waals surface area contributed by atoms with Crippen molar-refractivity contribution in [2.75, 3.05) is 5.43 Å². The van der Waals surface area contributed by atoms with Gasteiger partial charge in [0, 0.05) is 10.0 Å². The van der Waals surface area contributed by atoms with Crippen molar-refractivity contribution in [3.63, 3.8) is 0 Å². The van der Waals surface area contributed by atoms with Crippen LogP contribution >= 0.6 is 15.9 Å². The van der Waals surface area contributed by atoms with E-state index in [4.69, 9.17) is 0 Å². The molecule has 0 aliphatic rings. The number of hydrogen-bond acceptors (Lipinski definition) is 2. The summed E-state index contributed by atoms with van der Waals surface area (Å²) >= 11 is 3.35. The minimum absolute atomic E-state index is 0.159. The maximum Gasteiger partial charge on any atom is 0.269 e. The van der Waals surface area contributed by atoms with Crippen LogP contribution < -0.4 is 10.9 Å². The minimum Gasteiger partial charge on any atom is -0.298 e. The highest BCUT2D eigenvalue weighted by Gasteiger charge is 2.02. The number of carbonyl (C=O) groups excluding carboxylic acids is 1. The number of halogens is 1. The molecule has 2 aromatic rings. The third-order valence-electron chi connectivity index (χ3n) is 2.20. The van der Waals surface area contributed by atoms with Crippen LogP contribution in [0.3, 0.4) is 0 Å². The third-order valence-corrected chi connectivity index (χ3v) is 2.73. The molecular weight excluding hydrogens is 280 g/mol. The molecule has 86 valence electrons. The average molecular weight is 291 g/mol. The zero-order valence-corrected chi connectivity index (χ0v) is 10.6. The van der Waals surface area contributed by atoms with Crippen molar-refractivity contribution in [2.45, 2.75) is 0 Å². The molecule has 3 nitrogen and oxygen atoms in total. The minimum atomic E-state index is -0.159. The van der Waals surface area contributed by atoms with Gasteiger partial charge in [0.15, 0.2) is 0 Å². The summed E-state index contributed by atoms with van der Waals surface area (Å²) in [6, 6.07) is 16.6. The number of rotatable bonds is 3. The number of amides is 1. The Morgan fingerprint density at radius 3 is 2.24 bits per heavy atom. The van der Waals surface area contributed by atoms with Crippen LogP contribution in [0.4, 0.5) is 5.69 Å². The molecule has 0 saturated heterocycles. The van der Waals surface area contributed by atoms with Crippen LogP contribution in [0.1, 0.15) is 10.4 Å². The van der Waals surface area contributed by atoms with Gasteiger partial charge in [-0.15, -0.1) is 0 Å². The Balaban J connectivity index is 1.95. The summed E-state index contributed by atoms with van der Waals surface area (Å²) in [4.78, 5) is 11.7. The predicted octanol–water partition coefficient (Wildman–Crippen LogP) is 3.21. The third kappa shape index (κ3) is 3.32. The Hall–Kier alpha value is -1.81. The normalized spacial score (nSPS) is 9.71. The van der Waals surface area contributed by atoms with Gasteiger partial charge in [-0.3, -0.25) is 15.6 Å². The highest BCUT2D eigenvalue weighted by molar-refractivity contribution is 9.10. The molecule has 0 aromatic heterocycles. The van der Waals surface area contributed by atoms with Crippen LogP contribution in [0.5, 0.6) is 0 Å². The molecule has 0 unspecified atom stereocenters. The van der Waals surface area contributed by atoms with Crippen LogP contribution in [-0.2, 0) is 0 Å². The Kier molecular flexibility index (Phi) is 3.77. The van der Waals surface area contributed by atoms with Crippen molar-refractivity contribution >= 4 is 27.5 Å². The highest BCUT2D eigenvalue weighted by atomic mass is 79.9. The molecule has 0 aliphatic heterocycles. The zero-order valence-electron chi connectivity index (χ0n) is 8.98. The Labute approximate surface area is 108 Å². The van der Waals surface area contributed by atoms with Gasteiger partial charge in [0.2, 0.25) is 0 Å². The molecule has 0 aliphatic carbocycles. The first-order valence-corrected chi connectivity index (χ1v) is 5.92. The van der Waals surface area contributed by atoms with E-state index in [0.717, 1.165) is 10.2 Å². The first kappa shape index (κ1) is 11.7. The lowest BCUT2D eigenvalue weighted by molar-refractivity contribution is 0.0962. The van der Waals surface area contributed by atoms with E-state index in [-0.39, 0.29) is 5.91 Å². The van der Waals surface area contributed by atoms with Crippen LogP contribution in [0, 0.1) is 0 Å². The summed E-state index contributed by atoms with van der Waals surface area (Å²) in [6.45, 7) is 0. The van der Waals surface area contributed by atoms with Crippen molar-refractivity contribution in [3.05, 3.63) is 64.6 Å². The summed E-state index contributed by atoms with van der Waals surface area (Å²) in [6.07, 6.45) is 0. The quantitative estimate of drug-likeness (QED) is 0.853. The molecule has 0 fully saturated rings. The summed E-state index contributed by atoms with van der Waals surface area (Å²) in [5.41, 5.74) is 6.93. The fourth-order valence-corrected chi connectivity index (χ4v) is 1.59. The maximum atomic E-state index is 11.7. The van der Waals surface area contributed by atoms with E-state index >= 15 is 0 Å². The van der Waals surface area contributed by atoms with Crippen LogP contribution in [0.25, 0.3) is 0 Å². The van der Waals surface area contributed by atoms with Crippen molar-refractivity contribution in [2.24, 2.45) is 0 Å². The Morgan fingerprint density at radius 2 is 1.59 bits per heavy atom. The van der Waals surface area contributed by atoms with Gasteiger partial charge in [-0.25, -0.2) is 0 Å². The summed E-state index contributed by atoms with van der Waals surface area (Å²) in [7, 11) is 0. The van der Waals surface area contributed by atoms with Crippen molar-refractivity contribution in [3.8, 4) is 0 Å². The molecule has 0 spiro atoms. The second kappa shape index (κ2) is 5.50. The van der Waals surface area contributed by atoms with Crippen LogP contribution in [0.2, 0.25) is 0 Å². The molecule has 0 bridgehead atoms. The van der Waals surface area contributed by atoms with Crippen molar-refractivity contribution < 1.29 is 4.79 Å². The molecule has 1 amide bonds. The molecular formula is C13H11BrN2O. The van der Waals surface area contributed by atoms with E-state index in [2.05, 4.69) is 26.8 Å². The molecule has 0 radical (unpaired) electrons. The Bertz CT molecular complexity index is 497. The summed E-state index contributed by atoms with van der Waals surface area (Å²) in [5.74, 6) is -0.159. The van der Waals surface area contributed by atoms with Crippen LogP contribution in [0.15, 0.2) is 59.1 Å². The van der Waals surface area contributed by atoms with Crippen molar-refractivity contribution in [1.29, 1.82) is 0 Å². The number of hydrogen-bond donors (Lipinski definition) is 2. The first-order chi connectivity index (χ1) is 8.25. The van der Waals surface area contributed by atoms with E-state index in [0.29, 0.717) is 5.56 Å². The first-order valence-electron chi connectivity index (χ1n) is 5.13. The lowest BCUT2D eigenvalue weighted by Gasteiger charge is -2.08. The van der Waals surface area contributed by atoms with Gasteiger partial charge in [0.1, 0.15) is 0 Å². The molecule has 0 heterocycles. The monoisotopic (exact) mass is 290 g/mol. The number of benzene rings is 2. The van der Waals surface area contributed by atoms with E-state index in [1.807, 2.05) is 42.5 Å². The highest BCUT2D eigenvalue weighted by Crippen LogP contribution is 2.13. The average Bonchev–Trinajstić information content (AvgIpc) is 2.39. The maximum absolute atomic E-state index is 11.7. The zero-order chi connectivity index (χ0) is 12.1. The van der Waals surface area contributed by atoms with E-state index in [1.54, 1.807) is 12.1 Å². The number of anilines is 1. The second-order valence-corrected chi connectivity index (χ2v) is 4.37. The lowest BCUT2D eigenvalue weighted by Crippen LogP contribution is -2.29. The van der Waals surface area contributed by atoms with E-state index in [1.165, 1.54) is 0 Å². The van der Waals surface area contributed by atoms with Crippen LogP contribution in [-0.4, -0.2) is 5.91 Å². The fraction of sp³-hybridized carbons (Fsp3) is 0. The second-order valence-electron chi connectivity index (χ2n) is 3.45. The number of hydrazine groups is 1. The van der Waals surface area contributed by atoms with E-state index < -0.39 is 0 Å². The number of nitrogens with one attached hydrogen (secondary N) is 2. The number of carbonyl (C=O) groups is 1. The van der Waals surface area contributed by atoms with Gasteiger partial charge < -0.3 is 0 Å². The molecule has 2 aromatic carbocycles. The lowest BCUT2D eigenvalue weighted by atomic mass is 10.2. The van der Waals surface area contributed by atoms with Gasteiger partial charge in [-0.05, 0) is 36.4 Å². The molecule has 17 heavy (non-hydrogen) atoms. The van der Waals surface area contributed by atoms with Gasteiger partial charge in [-0.2, -0.15) is 0 Å². The summed E-state index contributed by atoms with van der Waals surface area (Å²) < 4.78 is 0.998. The van der Waals surface area contributed by atoms with Gasteiger partial charge in [0.25, 0.3) is 5.91 Å². The molecule has 0 saturated carbocycles. The molecule has 4 heteroatoms. The molecule has 2 N–H and O–H groups in total. The predicted molar refractivity (Wildman–Crippen MR) is 71.7 cm³/mol. The van der Waals surface area contributed by atoms with Gasteiger partial charge >= 0.3 is 0 Å². The SMILES string of the molecule is O=C(NNc1ccc(Br)cc1)c1ccccc1. The standard InChI is InChI=1S/C13H11BrN2O/c14-11-6-8-12(9-7-11)15-16-13(17)10-4-2-1-3-5-10/h1-9,15H,(H,16,17). The smallest absolute Gasteiger partial charge is 0.269 e. The fourth-order valence-electron chi connectivity index (χ4n) is 1.32. The van der Waals surface area contributed by atoms with Gasteiger partial charge in [-0.1, -0.05) is 34.1 Å². The largest absolute Gasteiger partial charge is 0.298 e. The topological polar surface area (TPSA) is 41.1 Å². The molecule has 2 rings (SSSR count). The van der Waals surface area contributed by atoms with Crippen molar-refractivity contribution in [1.82, 2.24) is 5.43 Å². The Morgan fingerprint density at radius 1 is 0.941 bits per heavy atom. The molecule has 0 atom stereocenters. The summed E-state index contributed by atoms with van der Waals surface area (Å²) in [5, 5.41) is 0. The van der Waals surface area contributed by atoms with Gasteiger partial charge in [0.05, 0.1) is 5.69 Å².